The summed E-state index contributed by atoms with van der Waals surface area (Å²) >= 11 is 0. The van der Waals surface area contributed by atoms with Gasteiger partial charge in [-0.2, -0.15) is 0 Å². The zero-order chi connectivity index (χ0) is 28.9. The number of likely N-dealkylation sites (tertiary alicyclic amines) is 1. The fraction of sp³-hybridized carbons (Fsp3) is 0.265. The molecule has 1 unspecified atom stereocenters. The number of aliphatic hydroxyl groups excluding tert-OH is 1. The Morgan fingerprint density at radius 1 is 1.00 bits per heavy atom. The molecule has 41 heavy (non-hydrogen) atoms. The Bertz CT molecular complexity index is 1540. The van der Waals surface area contributed by atoms with Gasteiger partial charge in [0.05, 0.1) is 17.9 Å². The number of carbonyl (C=O) groups excluding carboxylic acids is 2. The number of rotatable bonds is 10. The molecule has 4 aromatic rings. The minimum Gasteiger partial charge on any atom is -0.507 e. The molecule has 210 valence electrons. The lowest BCUT2D eigenvalue weighted by atomic mass is 9.93. The summed E-state index contributed by atoms with van der Waals surface area (Å²) in [6, 6.07) is 22.3. The van der Waals surface area contributed by atoms with E-state index in [0.29, 0.717) is 43.3 Å². The van der Waals surface area contributed by atoms with Crippen LogP contribution < -0.4 is 4.74 Å². The van der Waals surface area contributed by atoms with E-state index in [1.807, 2.05) is 60.2 Å². The fourth-order valence-electron chi connectivity index (χ4n) is 5.20. The topological polar surface area (TPSA) is 84.7 Å². The van der Waals surface area contributed by atoms with Crippen molar-refractivity contribution in [1.82, 2.24) is 14.5 Å². The van der Waals surface area contributed by atoms with Crippen molar-refractivity contribution in [3.05, 3.63) is 125 Å². The molecule has 1 aliphatic rings. The van der Waals surface area contributed by atoms with E-state index >= 15 is 0 Å². The van der Waals surface area contributed by atoms with E-state index in [1.165, 1.54) is 0 Å². The van der Waals surface area contributed by atoms with Gasteiger partial charge in [0.25, 0.3) is 11.7 Å². The highest BCUT2D eigenvalue weighted by molar-refractivity contribution is 6.46. The number of aliphatic hydroxyl groups is 1. The lowest BCUT2D eigenvalue weighted by Crippen LogP contribution is -2.31. The van der Waals surface area contributed by atoms with Gasteiger partial charge in [0.15, 0.2) is 0 Å². The van der Waals surface area contributed by atoms with Gasteiger partial charge in [-0.25, -0.2) is 4.98 Å². The Kier molecular flexibility index (Phi) is 8.34. The van der Waals surface area contributed by atoms with Crippen LogP contribution in [0.1, 0.15) is 60.0 Å². The van der Waals surface area contributed by atoms with Gasteiger partial charge in [0.1, 0.15) is 18.1 Å². The SMILES string of the molecule is Cc1cccc(COc2ccc(C(O)=C3C(=O)C(=O)N(CCCn4ccnc4)C3c3ccc(C(C)C)cc3)cc2)c1. The first-order chi connectivity index (χ1) is 19.8. The Hall–Kier alpha value is -4.65. The van der Waals surface area contributed by atoms with Crippen LogP contribution in [-0.4, -0.2) is 37.8 Å². The van der Waals surface area contributed by atoms with Gasteiger partial charge in [0, 0.05) is 31.0 Å². The van der Waals surface area contributed by atoms with E-state index in [0.717, 1.165) is 22.3 Å². The minimum absolute atomic E-state index is 0.100. The molecule has 1 aromatic heterocycles. The van der Waals surface area contributed by atoms with Crippen molar-refractivity contribution in [2.45, 2.75) is 52.3 Å². The standard InChI is InChI=1S/C34H35N3O4/c1-23(2)26-8-10-27(11-9-26)31-30(33(39)34(40)37(31)18-5-17-36-19-16-35-22-36)32(38)28-12-14-29(15-13-28)41-21-25-7-4-6-24(3)20-25/h4,6-16,19-20,22-23,31,38H,5,17-18,21H2,1-3H3. The molecule has 7 nitrogen and oxygen atoms in total. The number of Topliss-reactive ketones (excluding diaryl/α,β-unsaturated/α-hetero) is 1. The number of carbonyl (C=O) groups is 2. The maximum Gasteiger partial charge on any atom is 0.295 e. The van der Waals surface area contributed by atoms with Gasteiger partial charge in [-0.3, -0.25) is 9.59 Å². The first-order valence-corrected chi connectivity index (χ1v) is 13.9. The molecule has 0 aliphatic carbocycles. The monoisotopic (exact) mass is 549 g/mol. The minimum atomic E-state index is -0.684. The number of ether oxygens (including phenoxy) is 1. The van der Waals surface area contributed by atoms with Crippen LogP contribution in [0.3, 0.4) is 0 Å². The third-order valence-corrected chi connectivity index (χ3v) is 7.45. The van der Waals surface area contributed by atoms with Gasteiger partial charge in [-0.15, -0.1) is 0 Å². The van der Waals surface area contributed by atoms with Crippen LogP contribution in [0.15, 0.2) is 97.1 Å². The third-order valence-electron chi connectivity index (χ3n) is 7.45. The third kappa shape index (κ3) is 6.24. The second-order valence-corrected chi connectivity index (χ2v) is 10.8. The molecule has 1 aliphatic heterocycles. The zero-order valence-electron chi connectivity index (χ0n) is 23.7. The smallest absolute Gasteiger partial charge is 0.295 e. The lowest BCUT2D eigenvalue weighted by Gasteiger charge is -2.26. The molecule has 5 rings (SSSR count). The summed E-state index contributed by atoms with van der Waals surface area (Å²) in [6.07, 6.45) is 5.94. The summed E-state index contributed by atoms with van der Waals surface area (Å²) in [6.45, 7) is 7.71. The number of amides is 1. The first kappa shape index (κ1) is 27.9. The number of hydrogen-bond acceptors (Lipinski definition) is 5. The normalized spacial score (nSPS) is 16.5. The number of imidazole rings is 1. The van der Waals surface area contributed by atoms with Gasteiger partial charge < -0.3 is 19.3 Å². The largest absolute Gasteiger partial charge is 0.507 e. The van der Waals surface area contributed by atoms with Crippen molar-refractivity contribution in [1.29, 1.82) is 0 Å². The molecule has 0 bridgehead atoms. The second-order valence-electron chi connectivity index (χ2n) is 10.8. The molecule has 3 aromatic carbocycles. The van der Waals surface area contributed by atoms with Crippen LogP contribution in [0.2, 0.25) is 0 Å². The van der Waals surface area contributed by atoms with Crippen LogP contribution in [0.25, 0.3) is 5.76 Å². The first-order valence-electron chi connectivity index (χ1n) is 13.9. The second kappa shape index (κ2) is 12.3. The number of benzene rings is 3. The van der Waals surface area contributed by atoms with Crippen LogP contribution in [-0.2, 0) is 22.7 Å². The quantitative estimate of drug-likeness (QED) is 0.140. The predicted octanol–water partition coefficient (Wildman–Crippen LogP) is 6.41. The van der Waals surface area contributed by atoms with Crippen LogP contribution in [0.4, 0.5) is 0 Å². The van der Waals surface area contributed by atoms with Crippen molar-refractivity contribution in [2.75, 3.05) is 6.54 Å². The van der Waals surface area contributed by atoms with Crippen LogP contribution in [0.5, 0.6) is 5.75 Å². The molecule has 2 heterocycles. The van der Waals surface area contributed by atoms with Crippen LogP contribution in [0, 0.1) is 6.92 Å². The van der Waals surface area contributed by atoms with E-state index in [1.54, 1.807) is 41.7 Å². The van der Waals surface area contributed by atoms with Gasteiger partial charge in [-0.1, -0.05) is 67.9 Å². The Labute approximate surface area is 240 Å². The highest BCUT2D eigenvalue weighted by atomic mass is 16.5. The molecule has 1 N–H and O–H groups in total. The van der Waals surface area contributed by atoms with Gasteiger partial charge in [0.2, 0.25) is 0 Å². The van der Waals surface area contributed by atoms with Crippen molar-refractivity contribution < 1.29 is 19.4 Å². The van der Waals surface area contributed by atoms with Crippen molar-refractivity contribution in [3.8, 4) is 5.75 Å². The van der Waals surface area contributed by atoms with Crippen LogP contribution >= 0.6 is 0 Å². The molecular formula is C34H35N3O4. The molecule has 1 saturated heterocycles. The molecular weight excluding hydrogens is 514 g/mol. The molecule has 0 radical (unpaired) electrons. The Balaban J connectivity index is 1.42. The molecule has 0 spiro atoms. The molecule has 1 fully saturated rings. The number of hydrogen-bond donors (Lipinski definition) is 1. The number of aryl methyl sites for hydroxylation is 2. The summed E-state index contributed by atoms with van der Waals surface area (Å²) in [5.41, 5.74) is 4.73. The maximum atomic E-state index is 13.4. The lowest BCUT2D eigenvalue weighted by molar-refractivity contribution is -0.139. The fourth-order valence-corrected chi connectivity index (χ4v) is 5.20. The summed E-state index contributed by atoms with van der Waals surface area (Å²) in [5.74, 6) is -0.485. The highest BCUT2D eigenvalue weighted by Gasteiger charge is 2.45. The number of aromatic nitrogens is 2. The summed E-state index contributed by atoms with van der Waals surface area (Å²) in [4.78, 5) is 32.3. The van der Waals surface area contributed by atoms with E-state index in [-0.39, 0.29) is 11.3 Å². The Morgan fingerprint density at radius 2 is 1.76 bits per heavy atom. The average molecular weight is 550 g/mol. The molecule has 1 atom stereocenters. The van der Waals surface area contributed by atoms with Crippen molar-refractivity contribution in [3.63, 3.8) is 0 Å². The van der Waals surface area contributed by atoms with E-state index in [9.17, 15) is 14.7 Å². The van der Waals surface area contributed by atoms with E-state index in [4.69, 9.17) is 4.74 Å². The van der Waals surface area contributed by atoms with Crippen molar-refractivity contribution >= 4 is 17.4 Å². The zero-order valence-corrected chi connectivity index (χ0v) is 23.7. The Morgan fingerprint density at radius 3 is 2.41 bits per heavy atom. The van der Waals surface area contributed by atoms with Gasteiger partial charge >= 0.3 is 0 Å². The highest BCUT2D eigenvalue weighted by Crippen LogP contribution is 2.40. The molecule has 7 heteroatoms. The average Bonchev–Trinajstić information content (AvgIpc) is 3.58. The molecule has 1 amide bonds. The van der Waals surface area contributed by atoms with E-state index in [2.05, 4.69) is 24.9 Å². The van der Waals surface area contributed by atoms with Crippen molar-refractivity contribution in [2.24, 2.45) is 0 Å². The van der Waals surface area contributed by atoms with E-state index < -0.39 is 17.7 Å². The number of ketones is 1. The predicted molar refractivity (Wildman–Crippen MR) is 158 cm³/mol. The summed E-state index contributed by atoms with van der Waals surface area (Å²) in [5, 5.41) is 11.4. The number of nitrogens with zero attached hydrogens (tertiary/aromatic N) is 3. The summed E-state index contributed by atoms with van der Waals surface area (Å²) in [7, 11) is 0. The van der Waals surface area contributed by atoms with Gasteiger partial charge in [-0.05, 0) is 60.2 Å². The summed E-state index contributed by atoms with van der Waals surface area (Å²) < 4.78 is 7.86. The maximum absolute atomic E-state index is 13.4. The molecule has 0 saturated carbocycles.